The number of hydrogen-bond acceptors (Lipinski definition) is 3. The molecule has 0 atom stereocenters. The van der Waals surface area contributed by atoms with E-state index in [1.54, 1.807) is 10.7 Å². The molecule has 0 saturated heterocycles. The second kappa shape index (κ2) is 5.80. The van der Waals surface area contributed by atoms with Gasteiger partial charge in [0, 0.05) is 16.1 Å². The first-order chi connectivity index (χ1) is 9.54. The molecule has 0 unspecified atom stereocenters. The molecular weight excluding hydrogens is 356 g/mol. The van der Waals surface area contributed by atoms with Gasteiger partial charge in [-0.2, -0.15) is 5.10 Å². The maximum atomic E-state index is 13.3. The molecule has 20 heavy (non-hydrogen) atoms. The van der Waals surface area contributed by atoms with E-state index in [9.17, 15) is 8.28 Å². The van der Waals surface area contributed by atoms with E-state index >= 15 is 0 Å². The Bertz CT molecular complexity index is 787. The summed E-state index contributed by atoms with van der Waals surface area (Å²) >= 11 is 3.31. The predicted molar refractivity (Wildman–Crippen MR) is 75.9 cm³/mol. The molecule has 9 heteroatoms. The van der Waals surface area contributed by atoms with E-state index in [1.165, 1.54) is 16.1 Å². The van der Waals surface area contributed by atoms with Crippen LogP contribution in [0.4, 0.5) is 8.28 Å². The van der Waals surface area contributed by atoms with Gasteiger partial charge in [0.05, 0.1) is 11.7 Å². The van der Waals surface area contributed by atoms with Gasteiger partial charge in [0.2, 0.25) is 0 Å². The van der Waals surface area contributed by atoms with Crippen LogP contribution in [-0.2, 0) is 4.79 Å². The van der Waals surface area contributed by atoms with Crippen molar-refractivity contribution in [1.82, 2.24) is 13.6 Å². The van der Waals surface area contributed by atoms with Crippen molar-refractivity contribution >= 4 is 51.4 Å². The molecule has 0 saturated carbocycles. The number of aryl methyl sites for hydroxylation is 1. The lowest BCUT2D eigenvalue weighted by molar-refractivity contribution is -0.122. The molecule has 0 radical (unpaired) electrons. The van der Waals surface area contributed by atoms with Crippen LogP contribution in [0.2, 0.25) is 0 Å². The van der Waals surface area contributed by atoms with Gasteiger partial charge in [-0.15, -0.1) is 3.89 Å². The van der Waals surface area contributed by atoms with Gasteiger partial charge in [-0.25, -0.2) is 12.9 Å². The summed E-state index contributed by atoms with van der Waals surface area (Å²) in [5.74, 6) is -0.418. The molecule has 0 aliphatic rings. The molecule has 5 nitrogen and oxygen atoms in total. The Morgan fingerprint density at radius 3 is 2.75 bits per heavy atom. The number of fused-ring (bicyclic) bond motifs is 3. The van der Waals surface area contributed by atoms with Gasteiger partial charge in [-0.05, 0) is 28.9 Å². The number of rotatable bonds is 1. The smallest absolute Gasteiger partial charge is 0.290 e. The summed E-state index contributed by atoms with van der Waals surface area (Å²) in [6.45, 7) is 1.58. The Morgan fingerprint density at radius 2 is 2.15 bits per heavy atom. The van der Waals surface area contributed by atoms with E-state index < -0.39 is 5.82 Å². The molecule has 3 rings (SSSR count). The summed E-state index contributed by atoms with van der Waals surface area (Å²) in [5.41, 5.74) is 2.55. The van der Waals surface area contributed by atoms with Crippen LogP contribution in [0, 0.1) is 12.7 Å². The molecule has 1 N–H and O–H groups in total. The van der Waals surface area contributed by atoms with Crippen LogP contribution in [-0.4, -0.2) is 25.2 Å². The number of benzene rings is 1. The van der Waals surface area contributed by atoms with E-state index in [0.717, 1.165) is 5.56 Å². The van der Waals surface area contributed by atoms with Gasteiger partial charge in [0.25, 0.3) is 6.47 Å². The van der Waals surface area contributed by atoms with Crippen LogP contribution >= 0.6 is 28.3 Å². The monoisotopic (exact) mass is 363 g/mol. The first-order valence-corrected chi connectivity index (χ1v) is 6.72. The zero-order valence-electron chi connectivity index (χ0n) is 10.0. The minimum atomic E-state index is -0.418. The van der Waals surface area contributed by atoms with Crippen LogP contribution in [0.15, 0.2) is 22.8 Å². The van der Waals surface area contributed by atoms with E-state index in [1.807, 2.05) is 6.92 Å². The zero-order chi connectivity index (χ0) is 14.9. The summed E-state index contributed by atoms with van der Waals surface area (Å²) in [4.78, 5) is 8.36. The first kappa shape index (κ1) is 14.8. The average molecular weight is 364 g/mol. The molecule has 2 heterocycles. The highest BCUT2D eigenvalue weighted by molar-refractivity contribution is 9.10. The summed E-state index contributed by atoms with van der Waals surface area (Å²) in [6, 6.07) is 2.63. The van der Waals surface area contributed by atoms with Crippen molar-refractivity contribution in [1.29, 1.82) is 0 Å². The number of carbonyl (C=O) groups is 1. The maximum absolute atomic E-state index is 13.3. The Balaban J connectivity index is 0.000000452. The van der Waals surface area contributed by atoms with Gasteiger partial charge < -0.3 is 5.11 Å². The van der Waals surface area contributed by atoms with Gasteiger partial charge in [0.15, 0.2) is 18.0 Å². The van der Waals surface area contributed by atoms with E-state index in [-0.39, 0.29) is 18.8 Å². The molecule has 0 aliphatic heterocycles. The van der Waals surface area contributed by atoms with Crippen molar-refractivity contribution < 1.29 is 18.2 Å². The highest BCUT2D eigenvalue weighted by atomic mass is 79.9. The normalized spacial score (nSPS) is 10.6. The van der Waals surface area contributed by atoms with Crippen LogP contribution in [0.1, 0.15) is 5.56 Å². The fourth-order valence-electron chi connectivity index (χ4n) is 1.93. The van der Waals surface area contributed by atoms with Gasteiger partial charge >= 0.3 is 0 Å². The Kier molecular flexibility index (Phi) is 4.29. The lowest BCUT2D eigenvalue weighted by Gasteiger charge is -1.98. The van der Waals surface area contributed by atoms with Crippen LogP contribution in [0.3, 0.4) is 0 Å². The predicted octanol–water partition coefficient (Wildman–Crippen LogP) is 3.58. The van der Waals surface area contributed by atoms with Crippen molar-refractivity contribution in [3.63, 3.8) is 0 Å². The lowest BCUT2D eigenvalue weighted by atomic mass is 10.3. The van der Waals surface area contributed by atoms with Crippen molar-refractivity contribution in [2.24, 2.45) is 0 Å². The van der Waals surface area contributed by atoms with Crippen molar-refractivity contribution in [3.05, 3.63) is 34.2 Å². The molecule has 0 amide bonds. The Hall–Kier alpha value is -1.61. The minimum Gasteiger partial charge on any atom is -0.483 e. The van der Waals surface area contributed by atoms with Crippen molar-refractivity contribution in [2.75, 3.05) is 0 Å². The summed E-state index contributed by atoms with van der Waals surface area (Å²) in [6.07, 6.45) is 1.65. The molecule has 0 spiro atoms. The minimum absolute atomic E-state index is 0.0390. The van der Waals surface area contributed by atoms with E-state index in [0.29, 0.717) is 21.2 Å². The van der Waals surface area contributed by atoms with Gasteiger partial charge in [0.1, 0.15) is 11.3 Å². The Labute approximate surface area is 124 Å². The largest absolute Gasteiger partial charge is 0.483 e. The molecule has 0 fully saturated rings. The topological polar surface area (TPSA) is 59.5 Å². The molecule has 3 aromatic rings. The third-order valence-corrected chi connectivity index (χ3v) is 3.73. The quantitative estimate of drug-likeness (QED) is 0.671. The number of imidazole rings is 1. The highest BCUT2D eigenvalue weighted by Gasteiger charge is 2.18. The third-order valence-electron chi connectivity index (χ3n) is 2.62. The SMILES string of the molecule is Cc1cnn2c3c(Br)cc(F)cc3n(SF)c12.O=CO. The summed E-state index contributed by atoms with van der Waals surface area (Å²) < 4.78 is 29.9. The highest BCUT2D eigenvalue weighted by Crippen LogP contribution is 2.32. The number of halogens is 3. The third kappa shape index (κ3) is 2.27. The fourth-order valence-corrected chi connectivity index (χ4v) is 3.02. The Morgan fingerprint density at radius 1 is 1.50 bits per heavy atom. The number of hydrogen-bond donors (Lipinski definition) is 1. The molecular formula is C11H8BrF2N3O2S. The molecule has 106 valence electrons. The van der Waals surface area contributed by atoms with Gasteiger partial charge in [-0.3, -0.25) is 4.79 Å². The van der Waals surface area contributed by atoms with E-state index in [4.69, 9.17) is 9.90 Å². The van der Waals surface area contributed by atoms with Gasteiger partial charge in [-0.1, -0.05) is 0 Å². The van der Waals surface area contributed by atoms with Crippen molar-refractivity contribution in [2.45, 2.75) is 6.92 Å². The average Bonchev–Trinajstić information content (AvgIpc) is 2.88. The first-order valence-electron chi connectivity index (χ1n) is 5.25. The van der Waals surface area contributed by atoms with Crippen molar-refractivity contribution in [3.8, 4) is 0 Å². The maximum Gasteiger partial charge on any atom is 0.290 e. The molecule has 1 aromatic carbocycles. The van der Waals surface area contributed by atoms with Crippen LogP contribution in [0.5, 0.6) is 0 Å². The fraction of sp³-hybridized carbons (Fsp3) is 0.0909. The molecule has 2 aromatic heterocycles. The molecule has 0 bridgehead atoms. The molecule has 0 aliphatic carbocycles. The van der Waals surface area contributed by atoms with E-state index in [2.05, 4.69) is 21.0 Å². The second-order valence-corrected chi connectivity index (χ2v) is 5.14. The second-order valence-electron chi connectivity index (χ2n) is 3.79. The number of nitrogens with zero attached hydrogens (tertiary/aromatic N) is 3. The zero-order valence-corrected chi connectivity index (χ0v) is 12.5. The standard InChI is InChI=1S/C10H6BrF2N3S.CH2O2/c1-5-4-14-15-9-7(11)2-6(12)3-8(9)16(17-13)10(5)15;2-1-3/h2-4H,1H3;1H,(H,2,3). The lowest BCUT2D eigenvalue weighted by Crippen LogP contribution is -1.85. The van der Waals surface area contributed by atoms with Crippen LogP contribution < -0.4 is 0 Å². The summed E-state index contributed by atoms with van der Waals surface area (Å²) in [7, 11) is 0. The number of aromatic nitrogens is 3. The summed E-state index contributed by atoms with van der Waals surface area (Å²) in [5, 5.41) is 11.1. The number of carboxylic acid groups (broad SMARTS) is 1. The van der Waals surface area contributed by atoms with Crippen LogP contribution in [0.25, 0.3) is 16.7 Å².